The zero-order valence-electron chi connectivity index (χ0n) is 51.9. The predicted molar refractivity (Wildman–Crippen MR) is 368 cm³/mol. The summed E-state index contributed by atoms with van der Waals surface area (Å²) in [5.41, 5.74) is 27.5. The smallest absolute Gasteiger partial charge is 0.252 e. The highest BCUT2D eigenvalue weighted by Crippen LogP contribution is 2.53. The zero-order chi connectivity index (χ0) is 58.7. The molecule has 0 radical (unpaired) electrons. The summed E-state index contributed by atoms with van der Waals surface area (Å²) in [7, 11) is 0. The quantitative estimate of drug-likeness (QED) is 0.156. The lowest BCUT2D eigenvalue weighted by Gasteiger charge is -2.42. The predicted octanol–water partition coefficient (Wildman–Crippen LogP) is 20.9. The van der Waals surface area contributed by atoms with Gasteiger partial charge in [-0.05, 0) is 171 Å². The molecule has 0 atom stereocenters. The third-order valence-corrected chi connectivity index (χ3v) is 19.6. The number of benzene rings is 10. The summed E-state index contributed by atoms with van der Waals surface area (Å²) >= 11 is 1.93. The minimum absolute atomic E-state index is 0.0355. The Balaban J connectivity index is 1.22. The van der Waals surface area contributed by atoms with Crippen LogP contribution in [0.1, 0.15) is 132 Å². The second-order valence-corrected chi connectivity index (χ2v) is 30.6. The van der Waals surface area contributed by atoms with Crippen molar-refractivity contribution in [2.75, 3.05) is 4.90 Å². The maximum Gasteiger partial charge on any atom is 0.252 e. The summed E-state index contributed by atoms with van der Waals surface area (Å²) in [5, 5.41) is 5.22. The summed E-state index contributed by atoms with van der Waals surface area (Å²) in [6, 6.07) is 76.0. The van der Waals surface area contributed by atoms with Crippen LogP contribution in [0.2, 0.25) is 0 Å². The Labute approximate surface area is 502 Å². The number of nitrogens with zero attached hydrogens (tertiary/aromatic N) is 2. The highest BCUT2D eigenvalue weighted by molar-refractivity contribution is 7.26. The minimum Gasteiger partial charge on any atom is -0.310 e. The van der Waals surface area contributed by atoms with Crippen LogP contribution < -0.4 is 21.3 Å². The molecule has 4 heterocycles. The summed E-state index contributed by atoms with van der Waals surface area (Å²) in [4.78, 5) is 2.76. The largest absolute Gasteiger partial charge is 0.310 e. The zero-order valence-corrected chi connectivity index (χ0v) is 52.7. The minimum atomic E-state index is -0.140. The number of fused-ring (bicyclic) bond motifs is 10. The molecular weight excluding hydrogens is 1030 g/mol. The molecule has 416 valence electrons. The maximum absolute atomic E-state index is 2.76. The van der Waals surface area contributed by atoms with Crippen LogP contribution in [0.4, 0.5) is 17.1 Å². The molecule has 10 aromatic carbocycles. The molecule has 0 amide bonds. The van der Waals surface area contributed by atoms with Crippen molar-refractivity contribution in [2.24, 2.45) is 0 Å². The average Bonchev–Trinajstić information content (AvgIpc) is 1.30. The van der Waals surface area contributed by atoms with E-state index in [1.165, 1.54) is 153 Å². The first-order valence-corrected chi connectivity index (χ1v) is 31.2. The molecule has 84 heavy (non-hydrogen) atoms. The van der Waals surface area contributed by atoms with Gasteiger partial charge in [0, 0.05) is 64.7 Å². The van der Waals surface area contributed by atoms with Crippen molar-refractivity contribution in [3.63, 3.8) is 0 Å². The van der Waals surface area contributed by atoms with Crippen molar-refractivity contribution in [1.82, 2.24) is 4.57 Å². The van der Waals surface area contributed by atoms with E-state index in [2.05, 4.69) is 307 Å². The number of hydrogen-bond donors (Lipinski definition) is 0. The Morgan fingerprint density at radius 2 is 0.821 bits per heavy atom. The van der Waals surface area contributed by atoms with Crippen LogP contribution in [0.15, 0.2) is 194 Å². The van der Waals surface area contributed by atoms with Crippen molar-refractivity contribution in [2.45, 2.75) is 131 Å². The molecule has 0 aliphatic carbocycles. The first-order valence-electron chi connectivity index (χ1n) is 30.4. The molecule has 0 saturated heterocycles. The summed E-state index contributed by atoms with van der Waals surface area (Å²) < 4.78 is 5.30. The molecule has 0 bridgehead atoms. The fraction of sp³-hybridized carbons (Fsp3) is 0.250. The van der Waals surface area contributed by atoms with E-state index >= 15 is 0 Å². The van der Waals surface area contributed by atoms with E-state index in [1.807, 2.05) is 11.3 Å². The molecule has 14 rings (SSSR count). The van der Waals surface area contributed by atoms with E-state index in [0.29, 0.717) is 0 Å². The van der Waals surface area contributed by atoms with Crippen molar-refractivity contribution in [1.29, 1.82) is 0 Å². The van der Waals surface area contributed by atoms with Gasteiger partial charge in [0.1, 0.15) is 0 Å². The van der Waals surface area contributed by atoms with Gasteiger partial charge < -0.3 is 9.47 Å². The Kier molecular flexibility index (Phi) is 12.1. The standard InChI is InChI=1S/C80H77BN2S/c1-76(2,3)54-32-33-67-61(41-54)64-44-58(80(13,14)15)45-66-75(64)82(67)69-38-53(52-35-55(77(4,5)6)40-56(36-52)78(7,8)9)39-70-73(69)81(66)65-47-72-63(62-37-51(31-34-71(62)84-72)48-25-19-16-20-26-48)46-68(65)83(70)74-59(49-27-21-17-22-28-49)42-57(79(10,11)12)43-60(74)50-29-23-18-24-30-50/h16-47H,1-15H3. The second-order valence-electron chi connectivity index (χ2n) is 29.5. The lowest BCUT2D eigenvalue weighted by Crippen LogP contribution is -2.60. The van der Waals surface area contributed by atoms with Crippen LogP contribution >= 0.6 is 11.3 Å². The first-order chi connectivity index (χ1) is 39.8. The van der Waals surface area contributed by atoms with Crippen LogP contribution in [0, 0.1) is 0 Å². The van der Waals surface area contributed by atoms with Gasteiger partial charge in [0.15, 0.2) is 0 Å². The van der Waals surface area contributed by atoms with Gasteiger partial charge in [-0.3, -0.25) is 0 Å². The SMILES string of the molecule is CC(C)(C)c1cc(-c2cc3c4c(c2)-n2c5ccc(C(C)(C)C)cc5c5cc(C(C)(C)C)cc(c52)B4c2cc4sc5ccc(-c6ccccc6)cc5c4cc2N3c2c(-c3ccccc3)cc(C(C)(C)C)cc2-c2ccccc2)cc(C(C)(C)C)c1. The number of aromatic nitrogens is 1. The molecule has 12 aromatic rings. The van der Waals surface area contributed by atoms with Crippen LogP contribution in [-0.4, -0.2) is 11.3 Å². The summed E-state index contributed by atoms with van der Waals surface area (Å²) in [6.45, 7) is 35.4. The van der Waals surface area contributed by atoms with Crippen LogP contribution in [-0.2, 0) is 27.1 Å². The van der Waals surface area contributed by atoms with E-state index in [4.69, 9.17) is 0 Å². The third-order valence-electron chi connectivity index (χ3n) is 18.5. The molecule has 2 aromatic heterocycles. The third kappa shape index (κ3) is 8.80. The summed E-state index contributed by atoms with van der Waals surface area (Å²) in [5.74, 6) is 0. The Bertz CT molecular complexity index is 4560. The van der Waals surface area contributed by atoms with Crippen LogP contribution in [0.3, 0.4) is 0 Å². The van der Waals surface area contributed by atoms with Gasteiger partial charge in [0.05, 0.1) is 11.2 Å². The van der Waals surface area contributed by atoms with Gasteiger partial charge in [-0.25, -0.2) is 0 Å². The molecule has 2 aliphatic rings. The van der Waals surface area contributed by atoms with Crippen molar-refractivity contribution in [3.05, 3.63) is 222 Å². The van der Waals surface area contributed by atoms with Crippen LogP contribution in [0.5, 0.6) is 0 Å². The molecule has 4 heteroatoms. The fourth-order valence-corrected chi connectivity index (χ4v) is 14.7. The monoisotopic (exact) mass is 1110 g/mol. The van der Waals surface area contributed by atoms with Gasteiger partial charge in [-0.1, -0.05) is 231 Å². The molecule has 0 N–H and O–H groups in total. The number of thiophene rings is 1. The Morgan fingerprint density at radius 3 is 1.39 bits per heavy atom. The molecular formula is C80H77BN2S. The van der Waals surface area contributed by atoms with E-state index in [9.17, 15) is 0 Å². The Morgan fingerprint density at radius 1 is 0.321 bits per heavy atom. The first kappa shape index (κ1) is 54.1. The fourth-order valence-electron chi connectivity index (χ4n) is 13.6. The van der Waals surface area contributed by atoms with Gasteiger partial charge in [-0.15, -0.1) is 11.3 Å². The molecule has 0 unspecified atom stereocenters. The second kappa shape index (κ2) is 18.8. The van der Waals surface area contributed by atoms with Gasteiger partial charge in [0.25, 0.3) is 6.71 Å². The van der Waals surface area contributed by atoms with Crippen molar-refractivity contribution in [3.8, 4) is 50.2 Å². The molecule has 2 nitrogen and oxygen atoms in total. The highest BCUT2D eigenvalue weighted by atomic mass is 32.1. The number of anilines is 3. The normalized spacial score (nSPS) is 13.6. The number of rotatable bonds is 5. The lowest BCUT2D eigenvalue weighted by atomic mass is 9.33. The number of hydrogen-bond acceptors (Lipinski definition) is 2. The summed E-state index contributed by atoms with van der Waals surface area (Å²) in [6.07, 6.45) is 0. The van der Waals surface area contributed by atoms with E-state index in [0.717, 1.165) is 0 Å². The molecule has 2 aliphatic heterocycles. The van der Waals surface area contributed by atoms with Crippen molar-refractivity contribution >= 4 is 93.5 Å². The van der Waals surface area contributed by atoms with E-state index in [-0.39, 0.29) is 33.8 Å². The van der Waals surface area contributed by atoms with Crippen LogP contribution in [0.25, 0.3) is 92.2 Å². The molecule has 0 saturated carbocycles. The van der Waals surface area contributed by atoms with E-state index < -0.39 is 0 Å². The Hall–Kier alpha value is -7.92. The maximum atomic E-state index is 2.76. The average molecular weight is 1110 g/mol. The van der Waals surface area contributed by atoms with E-state index in [1.54, 1.807) is 0 Å². The van der Waals surface area contributed by atoms with Crippen molar-refractivity contribution < 1.29 is 0 Å². The molecule has 0 spiro atoms. The molecule has 0 fully saturated rings. The topological polar surface area (TPSA) is 8.17 Å². The van der Waals surface area contributed by atoms with Gasteiger partial charge in [-0.2, -0.15) is 0 Å². The van der Waals surface area contributed by atoms with Gasteiger partial charge >= 0.3 is 0 Å². The lowest BCUT2D eigenvalue weighted by molar-refractivity contribution is 0.569. The van der Waals surface area contributed by atoms with Gasteiger partial charge in [0.2, 0.25) is 0 Å². The highest BCUT2D eigenvalue weighted by Gasteiger charge is 2.45.